The van der Waals surface area contributed by atoms with Crippen molar-refractivity contribution in [2.75, 3.05) is 11.4 Å². The third-order valence-electron chi connectivity index (χ3n) is 5.60. The second-order valence-corrected chi connectivity index (χ2v) is 11.2. The predicted molar refractivity (Wildman–Crippen MR) is 127 cm³/mol. The monoisotopic (exact) mass is 522 g/mol. The van der Waals surface area contributed by atoms with Crippen molar-refractivity contribution in [3.05, 3.63) is 54.1 Å². The van der Waals surface area contributed by atoms with Gasteiger partial charge >= 0.3 is 0 Å². The van der Waals surface area contributed by atoms with E-state index < -0.39 is 37.9 Å². The van der Waals surface area contributed by atoms with Gasteiger partial charge in [-0.15, -0.1) is 0 Å². The van der Waals surface area contributed by atoms with Crippen LogP contribution in [0.1, 0.15) is 31.7 Å². The van der Waals surface area contributed by atoms with E-state index in [1.807, 2.05) is 6.92 Å². The van der Waals surface area contributed by atoms with Crippen LogP contribution < -0.4 is 15.2 Å². The standard InChI is InChI=1S/C22H26N4O7S2/c1-2-3-20(27)25(13-12-15-4-8-17(9-5-15)34(23,30)31)19-14-21(28)26(22(19)29)16-6-10-18(11-7-16)35(24,32)33/h4-11,19H,2-3,12-14H2,1H3,(H2,23,30,31)(H2,24,32,33). The fourth-order valence-electron chi connectivity index (χ4n) is 3.82. The molecule has 0 aromatic heterocycles. The number of primary sulfonamides is 2. The van der Waals surface area contributed by atoms with Gasteiger partial charge in [0.2, 0.25) is 31.9 Å². The van der Waals surface area contributed by atoms with Gasteiger partial charge in [-0.3, -0.25) is 14.4 Å². The summed E-state index contributed by atoms with van der Waals surface area (Å²) in [5, 5.41) is 10.2. The van der Waals surface area contributed by atoms with Crippen molar-refractivity contribution in [2.45, 2.75) is 48.4 Å². The number of rotatable bonds is 9. The second kappa shape index (κ2) is 10.2. The minimum Gasteiger partial charge on any atom is -0.330 e. The first-order chi connectivity index (χ1) is 16.3. The Bertz CT molecular complexity index is 1340. The zero-order chi connectivity index (χ0) is 26.0. The molecule has 4 N–H and O–H groups in total. The van der Waals surface area contributed by atoms with Gasteiger partial charge < -0.3 is 4.90 Å². The second-order valence-electron chi connectivity index (χ2n) is 8.10. The minimum atomic E-state index is -3.94. The number of imide groups is 1. The van der Waals surface area contributed by atoms with Crippen molar-refractivity contribution in [1.82, 2.24) is 4.90 Å². The summed E-state index contributed by atoms with van der Waals surface area (Å²) in [7, 11) is -7.77. The van der Waals surface area contributed by atoms with Gasteiger partial charge in [0, 0.05) is 13.0 Å². The maximum Gasteiger partial charge on any atom is 0.257 e. The van der Waals surface area contributed by atoms with Crippen LogP contribution in [0, 0.1) is 0 Å². The number of carbonyl (C=O) groups is 3. The van der Waals surface area contributed by atoms with Gasteiger partial charge in [-0.1, -0.05) is 19.1 Å². The van der Waals surface area contributed by atoms with Gasteiger partial charge in [0.25, 0.3) is 5.91 Å². The summed E-state index contributed by atoms with van der Waals surface area (Å²) in [6, 6.07) is 9.87. The summed E-state index contributed by atoms with van der Waals surface area (Å²) in [5.74, 6) is -1.39. The third-order valence-corrected chi connectivity index (χ3v) is 7.46. The molecular weight excluding hydrogens is 496 g/mol. The van der Waals surface area contributed by atoms with E-state index in [0.717, 1.165) is 10.5 Å². The summed E-state index contributed by atoms with van der Waals surface area (Å²) in [6.45, 7) is 1.96. The molecule has 1 heterocycles. The van der Waals surface area contributed by atoms with Crippen LogP contribution in [-0.4, -0.2) is 52.0 Å². The number of carbonyl (C=O) groups excluding carboxylic acids is 3. The number of hydrogen-bond acceptors (Lipinski definition) is 7. The Hall–Kier alpha value is -3.13. The average Bonchev–Trinajstić information content (AvgIpc) is 3.07. The number of anilines is 1. The van der Waals surface area contributed by atoms with Crippen LogP contribution in [0.5, 0.6) is 0 Å². The van der Waals surface area contributed by atoms with Crippen LogP contribution in [0.3, 0.4) is 0 Å². The number of hydrogen-bond donors (Lipinski definition) is 2. The zero-order valence-electron chi connectivity index (χ0n) is 19.0. The third kappa shape index (κ3) is 6.11. The Morgan fingerprint density at radius 2 is 1.46 bits per heavy atom. The maximum atomic E-state index is 13.2. The number of benzene rings is 2. The van der Waals surface area contributed by atoms with Crippen molar-refractivity contribution < 1.29 is 31.2 Å². The van der Waals surface area contributed by atoms with Crippen molar-refractivity contribution >= 4 is 43.5 Å². The number of nitrogens with zero attached hydrogens (tertiary/aromatic N) is 2. The molecule has 1 fully saturated rings. The molecule has 3 amide bonds. The lowest BCUT2D eigenvalue weighted by molar-refractivity contribution is -0.138. The van der Waals surface area contributed by atoms with Crippen LogP contribution in [0.25, 0.3) is 0 Å². The molecule has 1 saturated heterocycles. The first-order valence-corrected chi connectivity index (χ1v) is 13.8. The Labute approximate surface area is 203 Å². The molecule has 0 saturated carbocycles. The van der Waals surface area contributed by atoms with E-state index >= 15 is 0 Å². The van der Waals surface area contributed by atoms with E-state index in [1.54, 1.807) is 12.1 Å². The first kappa shape index (κ1) is 26.5. The van der Waals surface area contributed by atoms with Crippen molar-refractivity contribution in [3.8, 4) is 0 Å². The molecule has 0 spiro atoms. The summed E-state index contributed by atoms with van der Waals surface area (Å²) in [5.41, 5.74) is 0.898. The Morgan fingerprint density at radius 3 is 1.94 bits per heavy atom. The van der Waals surface area contributed by atoms with Gasteiger partial charge in [-0.25, -0.2) is 32.0 Å². The molecule has 0 bridgehead atoms. The Balaban J connectivity index is 1.81. The largest absolute Gasteiger partial charge is 0.330 e. The van der Waals surface area contributed by atoms with Crippen molar-refractivity contribution in [1.29, 1.82) is 0 Å². The lowest BCUT2D eigenvalue weighted by Crippen LogP contribution is -2.46. The molecule has 1 aliphatic rings. The molecule has 11 nitrogen and oxygen atoms in total. The summed E-state index contributed by atoms with van der Waals surface area (Å²) in [4.78, 5) is 40.9. The van der Waals surface area contributed by atoms with E-state index in [2.05, 4.69) is 0 Å². The SMILES string of the molecule is CCCC(=O)N(CCc1ccc(S(N)(=O)=O)cc1)C1CC(=O)N(c2ccc(S(N)(=O)=O)cc2)C1=O. The van der Waals surface area contributed by atoms with E-state index in [9.17, 15) is 31.2 Å². The highest BCUT2D eigenvalue weighted by atomic mass is 32.2. The highest BCUT2D eigenvalue weighted by molar-refractivity contribution is 7.89. The van der Waals surface area contributed by atoms with Gasteiger partial charge in [0.1, 0.15) is 6.04 Å². The lowest BCUT2D eigenvalue weighted by atomic mass is 10.1. The van der Waals surface area contributed by atoms with Crippen molar-refractivity contribution in [2.24, 2.45) is 10.3 Å². The molecule has 0 aliphatic carbocycles. The number of amides is 3. The summed E-state index contributed by atoms with van der Waals surface area (Å²) >= 11 is 0. The quantitative estimate of drug-likeness (QED) is 0.450. The molecule has 35 heavy (non-hydrogen) atoms. The molecule has 0 radical (unpaired) electrons. The molecule has 2 aromatic carbocycles. The molecule has 1 aliphatic heterocycles. The molecule has 2 aromatic rings. The van der Waals surface area contributed by atoms with Crippen molar-refractivity contribution in [3.63, 3.8) is 0 Å². The van der Waals surface area contributed by atoms with Crippen LogP contribution >= 0.6 is 0 Å². The average molecular weight is 523 g/mol. The highest BCUT2D eigenvalue weighted by Gasteiger charge is 2.44. The summed E-state index contributed by atoms with van der Waals surface area (Å²) < 4.78 is 45.8. The fourth-order valence-corrected chi connectivity index (χ4v) is 4.85. The highest BCUT2D eigenvalue weighted by Crippen LogP contribution is 2.27. The molecule has 1 atom stereocenters. The number of sulfonamides is 2. The normalized spacial score (nSPS) is 16.5. The van der Waals surface area contributed by atoms with E-state index in [0.29, 0.717) is 12.8 Å². The zero-order valence-corrected chi connectivity index (χ0v) is 20.6. The van der Waals surface area contributed by atoms with Crippen LogP contribution in [-0.2, 0) is 40.9 Å². The van der Waals surface area contributed by atoms with E-state index in [-0.39, 0.29) is 40.8 Å². The van der Waals surface area contributed by atoms with Gasteiger partial charge in [-0.05, 0) is 54.8 Å². The smallest absolute Gasteiger partial charge is 0.257 e. The number of nitrogens with two attached hydrogens (primary N) is 2. The van der Waals surface area contributed by atoms with E-state index in [4.69, 9.17) is 10.3 Å². The molecule has 13 heteroatoms. The molecular formula is C22H26N4O7S2. The van der Waals surface area contributed by atoms with Crippen LogP contribution in [0.4, 0.5) is 5.69 Å². The Kier molecular flexibility index (Phi) is 7.74. The fraction of sp³-hybridized carbons (Fsp3) is 0.318. The lowest BCUT2D eigenvalue weighted by Gasteiger charge is -2.28. The first-order valence-electron chi connectivity index (χ1n) is 10.7. The maximum absolute atomic E-state index is 13.2. The molecule has 188 valence electrons. The minimum absolute atomic E-state index is 0.0409. The Morgan fingerprint density at radius 1 is 0.943 bits per heavy atom. The van der Waals surface area contributed by atoms with Gasteiger partial charge in [0.15, 0.2) is 0 Å². The summed E-state index contributed by atoms with van der Waals surface area (Å²) in [6.07, 6.45) is 0.842. The molecule has 1 unspecified atom stereocenters. The van der Waals surface area contributed by atoms with Gasteiger partial charge in [0.05, 0.1) is 21.9 Å². The topological polar surface area (TPSA) is 178 Å². The van der Waals surface area contributed by atoms with Gasteiger partial charge in [-0.2, -0.15) is 0 Å². The van der Waals surface area contributed by atoms with Crippen LogP contribution in [0.2, 0.25) is 0 Å². The predicted octanol–water partition coefficient (Wildman–Crippen LogP) is 0.485. The van der Waals surface area contributed by atoms with Crippen LogP contribution in [0.15, 0.2) is 58.3 Å². The van der Waals surface area contributed by atoms with E-state index in [1.165, 1.54) is 41.3 Å². The molecule has 3 rings (SSSR count).